The minimum Gasteiger partial charge on any atom is -0.309 e. The molecule has 0 radical (unpaired) electrons. The van der Waals surface area contributed by atoms with Crippen molar-refractivity contribution in [3.05, 3.63) is 151 Å². The van der Waals surface area contributed by atoms with Crippen molar-refractivity contribution in [2.24, 2.45) is 0 Å². The van der Waals surface area contributed by atoms with Gasteiger partial charge < -0.3 is 4.57 Å². The molecule has 2 heteroatoms. The number of nitrogens with zero attached hydrogens (tertiary/aromatic N) is 1. The lowest BCUT2D eigenvalue weighted by atomic mass is 9.87. The first-order valence-electron chi connectivity index (χ1n) is 15.4. The van der Waals surface area contributed by atoms with Crippen molar-refractivity contribution in [3.63, 3.8) is 0 Å². The molecule has 208 valence electrons. The molecule has 1 atom stereocenters. The van der Waals surface area contributed by atoms with Crippen LogP contribution in [0.3, 0.4) is 0 Å². The maximum Gasteiger partial charge on any atom is 0.0541 e. The number of rotatable bonds is 7. The second-order valence-corrected chi connectivity index (χ2v) is 12.7. The number of fused-ring (bicyclic) bond motifs is 6. The molecule has 43 heavy (non-hydrogen) atoms. The Morgan fingerprint density at radius 2 is 1.26 bits per heavy atom. The van der Waals surface area contributed by atoms with Gasteiger partial charge in [0.25, 0.3) is 0 Å². The van der Waals surface area contributed by atoms with Gasteiger partial charge >= 0.3 is 0 Å². The molecule has 0 amide bonds. The van der Waals surface area contributed by atoms with Gasteiger partial charge in [-0.25, -0.2) is 0 Å². The van der Waals surface area contributed by atoms with Gasteiger partial charge in [-0.2, -0.15) is 0 Å². The maximum absolute atomic E-state index is 2.46. The SMILES string of the molecule is CCCC(Cc1ccc(-c2ccc3sc4ccccc4c3c2)cc1)c1ccc2c(c1)c1ccccc1n2-c1ccccc1. The van der Waals surface area contributed by atoms with E-state index in [-0.39, 0.29) is 0 Å². The third-order valence-electron chi connectivity index (χ3n) is 8.97. The van der Waals surface area contributed by atoms with E-state index in [1.807, 2.05) is 11.3 Å². The van der Waals surface area contributed by atoms with E-state index in [0.717, 1.165) is 6.42 Å². The summed E-state index contributed by atoms with van der Waals surface area (Å²) in [4.78, 5) is 0. The predicted molar refractivity (Wildman–Crippen MR) is 187 cm³/mol. The molecule has 0 aliphatic heterocycles. The molecule has 1 unspecified atom stereocenters. The lowest BCUT2D eigenvalue weighted by Crippen LogP contribution is -2.03. The van der Waals surface area contributed by atoms with Gasteiger partial charge in [-0.15, -0.1) is 11.3 Å². The van der Waals surface area contributed by atoms with Gasteiger partial charge in [0, 0.05) is 36.6 Å². The Hall–Kier alpha value is -4.66. The Labute approximate surface area is 256 Å². The molecule has 2 heterocycles. The largest absolute Gasteiger partial charge is 0.309 e. The van der Waals surface area contributed by atoms with Gasteiger partial charge in [-0.1, -0.05) is 104 Å². The molecule has 6 aromatic carbocycles. The van der Waals surface area contributed by atoms with Crippen molar-refractivity contribution in [3.8, 4) is 16.8 Å². The zero-order chi connectivity index (χ0) is 28.8. The van der Waals surface area contributed by atoms with Crippen LogP contribution >= 0.6 is 11.3 Å². The number of benzene rings is 6. The van der Waals surface area contributed by atoms with Crippen molar-refractivity contribution in [2.75, 3.05) is 0 Å². The van der Waals surface area contributed by atoms with Crippen LogP contribution in [0.1, 0.15) is 36.8 Å². The average Bonchev–Trinajstić information content (AvgIpc) is 3.60. The third-order valence-corrected chi connectivity index (χ3v) is 10.1. The van der Waals surface area contributed by atoms with E-state index in [4.69, 9.17) is 0 Å². The molecule has 2 aromatic heterocycles. The maximum atomic E-state index is 2.46. The molecule has 1 nitrogen and oxygen atoms in total. The zero-order valence-corrected chi connectivity index (χ0v) is 25.1. The first-order chi connectivity index (χ1) is 21.3. The number of para-hydroxylation sites is 2. The summed E-state index contributed by atoms with van der Waals surface area (Å²) >= 11 is 1.88. The quantitative estimate of drug-likeness (QED) is 0.179. The topological polar surface area (TPSA) is 4.93 Å². The fourth-order valence-corrected chi connectivity index (χ4v) is 7.94. The van der Waals surface area contributed by atoms with Crippen LogP contribution in [-0.4, -0.2) is 4.57 Å². The van der Waals surface area contributed by atoms with Crippen LogP contribution in [-0.2, 0) is 6.42 Å². The molecule has 0 spiro atoms. The lowest BCUT2D eigenvalue weighted by molar-refractivity contribution is 0.611. The van der Waals surface area contributed by atoms with E-state index in [2.05, 4.69) is 151 Å². The Morgan fingerprint density at radius 3 is 2.09 bits per heavy atom. The molecule has 0 aliphatic rings. The second-order valence-electron chi connectivity index (χ2n) is 11.7. The molecular formula is C41H33NS. The summed E-state index contributed by atoms with van der Waals surface area (Å²) in [6.07, 6.45) is 3.39. The van der Waals surface area contributed by atoms with Gasteiger partial charge in [-0.3, -0.25) is 0 Å². The van der Waals surface area contributed by atoms with Crippen molar-refractivity contribution in [1.29, 1.82) is 0 Å². The lowest BCUT2D eigenvalue weighted by Gasteiger charge is -2.18. The highest BCUT2D eigenvalue weighted by atomic mass is 32.1. The van der Waals surface area contributed by atoms with Gasteiger partial charge in [0.05, 0.1) is 11.0 Å². The molecule has 8 aromatic rings. The van der Waals surface area contributed by atoms with Gasteiger partial charge in [0.15, 0.2) is 0 Å². The second kappa shape index (κ2) is 10.9. The number of hydrogen-bond acceptors (Lipinski definition) is 1. The van der Waals surface area contributed by atoms with Crippen molar-refractivity contribution >= 4 is 53.3 Å². The third kappa shape index (κ3) is 4.63. The van der Waals surface area contributed by atoms with Gasteiger partial charge in [0.2, 0.25) is 0 Å². The number of aromatic nitrogens is 1. The summed E-state index contributed by atoms with van der Waals surface area (Å²) in [6, 6.07) is 51.7. The molecule has 0 aliphatic carbocycles. The molecule has 0 N–H and O–H groups in total. The average molecular weight is 572 g/mol. The van der Waals surface area contributed by atoms with Crippen LogP contribution in [0.15, 0.2) is 140 Å². The van der Waals surface area contributed by atoms with Crippen molar-refractivity contribution in [2.45, 2.75) is 32.1 Å². The van der Waals surface area contributed by atoms with Crippen molar-refractivity contribution < 1.29 is 0 Å². The molecule has 0 bridgehead atoms. The van der Waals surface area contributed by atoms with Crippen LogP contribution in [0, 0.1) is 0 Å². The van der Waals surface area contributed by atoms with E-state index in [1.165, 1.54) is 82.8 Å². The summed E-state index contributed by atoms with van der Waals surface area (Å²) in [5.74, 6) is 0.479. The summed E-state index contributed by atoms with van der Waals surface area (Å²) < 4.78 is 5.11. The van der Waals surface area contributed by atoms with Crippen LogP contribution < -0.4 is 0 Å². The fraction of sp³-hybridized carbons (Fsp3) is 0.122. The monoisotopic (exact) mass is 571 g/mol. The van der Waals surface area contributed by atoms with E-state index in [1.54, 1.807) is 0 Å². The molecule has 0 fully saturated rings. The Bertz CT molecular complexity index is 2220. The summed E-state index contributed by atoms with van der Waals surface area (Å²) in [5, 5.41) is 5.37. The molecular weight excluding hydrogens is 539 g/mol. The van der Waals surface area contributed by atoms with Crippen LogP contribution in [0.2, 0.25) is 0 Å². The van der Waals surface area contributed by atoms with E-state index in [0.29, 0.717) is 5.92 Å². The van der Waals surface area contributed by atoms with Gasteiger partial charge in [0.1, 0.15) is 0 Å². The first kappa shape index (κ1) is 26.0. The highest BCUT2D eigenvalue weighted by Crippen LogP contribution is 2.38. The van der Waals surface area contributed by atoms with E-state index >= 15 is 0 Å². The Kier molecular flexibility index (Phi) is 6.58. The van der Waals surface area contributed by atoms with Crippen LogP contribution in [0.4, 0.5) is 0 Å². The fourth-order valence-electron chi connectivity index (χ4n) is 6.86. The molecule has 8 rings (SSSR count). The molecule has 0 saturated carbocycles. The Morgan fingerprint density at radius 1 is 0.558 bits per heavy atom. The molecule has 0 saturated heterocycles. The summed E-state index contributed by atoms with van der Waals surface area (Å²) in [5.41, 5.74) is 9.14. The standard InChI is InChI=1S/C41H33NS/c1-2-10-30(32-21-23-39-36(26-32)34-13-6-8-15-38(34)42(39)33-11-4-3-5-12-33)25-28-17-19-29(20-18-28)31-22-24-41-37(27-31)35-14-7-9-16-40(35)43-41/h3-9,11-24,26-27,30H,2,10,25H2,1H3. The highest BCUT2D eigenvalue weighted by molar-refractivity contribution is 7.25. The van der Waals surface area contributed by atoms with Crippen LogP contribution in [0.5, 0.6) is 0 Å². The van der Waals surface area contributed by atoms with Crippen molar-refractivity contribution in [1.82, 2.24) is 4.57 Å². The van der Waals surface area contributed by atoms with E-state index in [9.17, 15) is 0 Å². The number of hydrogen-bond donors (Lipinski definition) is 0. The minimum absolute atomic E-state index is 0.479. The predicted octanol–water partition coefficient (Wildman–Crippen LogP) is 11.9. The highest BCUT2D eigenvalue weighted by Gasteiger charge is 2.17. The summed E-state index contributed by atoms with van der Waals surface area (Å²) in [6.45, 7) is 2.31. The minimum atomic E-state index is 0.479. The smallest absolute Gasteiger partial charge is 0.0541 e. The van der Waals surface area contributed by atoms with Crippen LogP contribution in [0.25, 0.3) is 58.8 Å². The summed E-state index contributed by atoms with van der Waals surface area (Å²) in [7, 11) is 0. The zero-order valence-electron chi connectivity index (χ0n) is 24.3. The normalized spacial score (nSPS) is 12.5. The number of thiophene rings is 1. The van der Waals surface area contributed by atoms with Gasteiger partial charge in [-0.05, 0) is 89.5 Å². The van der Waals surface area contributed by atoms with E-state index < -0.39 is 0 Å². The Balaban J connectivity index is 1.12. The first-order valence-corrected chi connectivity index (χ1v) is 16.2.